The Morgan fingerprint density at radius 3 is 2.61 bits per heavy atom. The Hall–Kier alpha value is -3.98. The number of para-hydroxylation sites is 2. The average molecular weight is 463 g/mol. The third kappa shape index (κ3) is 5.27. The third-order valence-electron chi connectivity index (χ3n) is 4.78. The number of aromatic nitrogens is 3. The summed E-state index contributed by atoms with van der Waals surface area (Å²) < 4.78 is 12.5. The molecule has 0 unspecified atom stereocenters. The van der Waals surface area contributed by atoms with E-state index in [2.05, 4.69) is 10.1 Å². The summed E-state index contributed by atoms with van der Waals surface area (Å²) in [5.74, 6) is -0.136. The van der Waals surface area contributed by atoms with Crippen molar-refractivity contribution in [1.82, 2.24) is 14.8 Å². The lowest BCUT2D eigenvalue weighted by Gasteiger charge is -2.20. The average Bonchev–Trinajstić information content (AvgIpc) is 3.48. The van der Waals surface area contributed by atoms with E-state index in [1.807, 2.05) is 42.5 Å². The van der Waals surface area contributed by atoms with Crippen LogP contribution in [-0.4, -0.2) is 33.8 Å². The maximum atomic E-state index is 12.5. The van der Waals surface area contributed by atoms with Gasteiger partial charge in [0.15, 0.2) is 5.13 Å². The number of rotatable bonds is 8. The van der Waals surface area contributed by atoms with E-state index in [-0.39, 0.29) is 12.5 Å². The first-order valence-electron chi connectivity index (χ1n) is 10.2. The molecule has 33 heavy (non-hydrogen) atoms. The molecule has 2 aromatic heterocycles. The molecule has 0 aliphatic heterocycles. The lowest BCUT2D eigenvalue weighted by Crippen LogP contribution is -2.23. The highest BCUT2D eigenvalue weighted by atomic mass is 32.1. The molecule has 0 fully saturated rings. The molecule has 0 saturated heterocycles. The van der Waals surface area contributed by atoms with Crippen LogP contribution in [-0.2, 0) is 22.7 Å². The van der Waals surface area contributed by atoms with E-state index in [0.29, 0.717) is 34.4 Å². The number of hydrogen-bond donors (Lipinski definition) is 0. The highest BCUT2D eigenvalue weighted by Gasteiger charge is 2.21. The van der Waals surface area contributed by atoms with Gasteiger partial charge in [-0.15, -0.1) is 11.3 Å². The van der Waals surface area contributed by atoms with Gasteiger partial charge >= 0.3 is 5.97 Å². The highest BCUT2D eigenvalue weighted by molar-refractivity contribution is 7.14. The summed E-state index contributed by atoms with van der Waals surface area (Å²) in [4.78, 5) is 30.8. The Bertz CT molecular complexity index is 1250. The van der Waals surface area contributed by atoms with Gasteiger partial charge in [-0.25, -0.2) is 9.78 Å². The van der Waals surface area contributed by atoms with Gasteiger partial charge in [-0.1, -0.05) is 42.5 Å². The summed E-state index contributed by atoms with van der Waals surface area (Å²) in [7, 11) is 1.55. The fourth-order valence-electron chi connectivity index (χ4n) is 3.24. The number of hydrogen-bond acceptors (Lipinski definition) is 7. The van der Waals surface area contributed by atoms with Crippen molar-refractivity contribution in [2.45, 2.75) is 20.1 Å². The van der Waals surface area contributed by atoms with E-state index >= 15 is 0 Å². The molecule has 0 aliphatic rings. The molecule has 2 heterocycles. The first kappa shape index (κ1) is 22.2. The SMILES string of the molecule is COc1ccccc1N(C(C)=O)c1nc(COC(=O)c2cnn(Cc3ccccc3)c2)cs1. The van der Waals surface area contributed by atoms with Gasteiger partial charge in [-0.05, 0) is 17.7 Å². The molecule has 4 rings (SSSR count). The lowest BCUT2D eigenvalue weighted by molar-refractivity contribution is -0.115. The summed E-state index contributed by atoms with van der Waals surface area (Å²) in [6.45, 7) is 2.00. The Morgan fingerprint density at radius 1 is 1.09 bits per heavy atom. The Kier molecular flexibility index (Phi) is 6.80. The normalized spacial score (nSPS) is 10.6. The number of carbonyl (C=O) groups is 2. The van der Waals surface area contributed by atoms with Crippen molar-refractivity contribution >= 4 is 34.0 Å². The van der Waals surface area contributed by atoms with Crippen LogP contribution in [0.4, 0.5) is 10.8 Å². The molecule has 0 aliphatic carbocycles. The minimum Gasteiger partial charge on any atom is -0.495 e. The van der Waals surface area contributed by atoms with Crippen LogP contribution < -0.4 is 9.64 Å². The molecule has 8 nitrogen and oxygen atoms in total. The molecule has 0 radical (unpaired) electrons. The van der Waals surface area contributed by atoms with Crippen molar-refractivity contribution in [1.29, 1.82) is 0 Å². The lowest BCUT2D eigenvalue weighted by atomic mass is 10.2. The molecule has 0 bridgehead atoms. The van der Waals surface area contributed by atoms with Crippen LogP contribution in [0.2, 0.25) is 0 Å². The number of carbonyl (C=O) groups excluding carboxylic acids is 2. The van der Waals surface area contributed by atoms with Crippen LogP contribution in [0.5, 0.6) is 5.75 Å². The van der Waals surface area contributed by atoms with E-state index in [0.717, 1.165) is 5.56 Å². The molecule has 9 heteroatoms. The van der Waals surface area contributed by atoms with Crippen molar-refractivity contribution in [2.24, 2.45) is 0 Å². The van der Waals surface area contributed by atoms with Crippen molar-refractivity contribution in [3.63, 3.8) is 0 Å². The number of esters is 1. The van der Waals surface area contributed by atoms with Crippen LogP contribution >= 0.6 is 11.3 Å². The zero-order chi connectivity index (χ0) is 23.2. The quantitative estimate of drug-likeness (QED) is 0.360. The van der Waals surface area contributed by atoms with E-state index in [1.54, 1.807) is 35.5 Å². The Balaban J connectivity index is 1.41. The van der Waals surface area contributed by atoms with E-state index < -0.39 is 5.97 Å². The van der Waals surface area contributed by atoms with Crippen molar-refractivity contribution in [2.75, 3.05) is 12.0 Å². The summed E-state index contributed by atoms with van der Waals surface area (Å²) in [6, 6.07) is 17.1. The fourth-order valence-corrected chi connectivity index (χ4v) is 4.10. The summed E-state index contributed by atoms with van der Waals surface area (Å²) in [5.41, 5.74) is 2.58. The predicted molar refractivity (Wildman–Crippen MR) is 125 cm³/mol. The molecular weight excluding hydrogens is 440 g/mol. The minimum atomic E-state index is -0.489. The number of methoxy groups -OCH3 is 1. The van der Waals surface area contributed by atoms with Gasteiger partial charge in [-0.3, -0.25) is 14.4 Å². The molecule has 2 aromatic carbocycles. The second-order valence-corrected chi connectivity index (χ2v) is 7.97. The Morgan fingerprint density at radius 2 is 1.85 bits per heavy atom. The van der Waals surface area contributed by atoms with Gasteiger partial charge in [0.2, 0.25) is 5.91 Å². The van der Waals surface area contributed by atoms with Gasteiger partial charge < -0.3 is 9.47 Å². The minimum absolute atomic E-state index is 0.0170. The number of nitrogens with zero attached hydrogens (tertiary/aromatic N) is 4. The maximum Gasteiger partial charge on any atom is 0.341 e. The van der Waals surface area contributed by atoms with Gasteiger partial charge in [0.25, 0.3) is 0 Å². The molecule has 0 spiro atoms. The number of amides is 1. The first-order chi connectivity index (χ1) is 16.0. The van der Waals surface area contributed by atoms with E-state index in [1.165, 1.54) is 29.4 Å². The van der Waals surface area contributed by atoms with Gasteiger partial charge in [0.1, 0.15) is 12.4 Å². The van der Waals surface area contributed by atoms with Crippen LogP contribution in [0, 0.1) is 0 Å². The number of thiazole rings is 1. The standard InChI is InChI=1S/C24H22N4O4S/c1-17(29)28(21-10-6-7-11-22(21)31-2)24-26-20(16-33-24)15-32-23(30)19-12-25-27(14-19)13-18-8-4-3-5-9-18/h3-12,14,16H,13,15H2,1-2H3. The van der Waals surface area contributed by atoms with Gasteiger partial charge in [0.05, 0.1) is 36.8 Å². The van der Waals surface area contributed by atoms with E-state index in [4.69, 9.17) is 9.47 Å². The number of ether oxygens (including phenoxy) is 2. The monoisotopic (exact) mass is 462 g/mol. The molecule has 168 valence electrons. The van der Waals surface area contributed by atoms with Crippen molar-refractivity contribution in [3.8, 4) is 5.75 Å². The second kappa shape index (κ2) is 10.1. The highest BCUT2D eigenvalue weighted by Crippen LogP contribution is 2.35. The van der Waals surface area contributed by atoms with Crippen LogP contribution in [0.25, 0.3) is 0 Å². The van der Waals surface area contributed by atoms with Crippen LogP contribution in [0.1, 0.15) is 28.5 Å². The molecule has 0 N–H and O–H groups in total. The molecule has 0 atom stereocenters. The molecule has 1 amide bonds. The smallest absolute Gasteiger partial charge is 0.341 e. The van der Waals surface area contributed by atoms with Crippen LogP contribution in [0.3, 0.4) is 0 Å². The van der Waals surface area contributed by atoms with Gasteiger partial charge in [-0.2, -0.15) is 5.10 Å². The zero-order valence-corrected chi connectivity index (χ0v) is 19.0. The van der Waals surface area contributed by atoms with Crippen LogP contribution in [0.15, 0.2) is 72.4 Å². The largest absolute Gasteiger partial charge is 0.495 e. The summed E-state index contributed by atoms with van der Waals surface area (Å²) >= 11 is 1.28. The topological polar surface area (TPSA) is 86.5 Å². The van der Waals surface area contributed by atoms with Crippen molar-refractivity contribution in [3.05, 3.63) is 89.2 Å². The maximum absolute atomic E-state index is 12.5. The second-order valence-electron chi connectivity index (χ2n) is 7.14. The summed E-state index contributed by atoms with van der Waals surface area (Å²) in [5, 5.41) is 6.45. The molecule has 0 saturated carbocycles. The third-order valence-corrected chi connectivity index (χ3v) is 5.65. The zero-order valence-electron chi connectivity index (χ0n) is 18.2. The first-order valence-corrected chi connectivity index (χ1v) is 11.0. The predicted octanol–water partition coefficient (Wildman–Crippen LogP) is 4.44. The summed E-state index contributed by atoms with van der Waals surface area (Å²) in [6.07, 6.45) is 3.14. The number of benzene rings is 2. The number of anilines is 2. The van der Waals surface area contributed by atoms with E-state index in [9.17, 15) is 9.59 Å². The molecular formula is C24H22N4O4S. The van der Waals surface area contributed by atoms with Gasteiger partial charge in [0, 0.05) is 18.5 Å². The Labute approximate surface area is 195 Å². The molecule has 4 aromatic rings. The van der Waals surface area contributed by atoms with Crippen molar-refractivity contribution < 1.29 is 19.1 Å². The fraction of sp³-hybridized carbons (Fsp3) is 0.167.